The lowest BCUT2D eigenvalue weighted by atomic mass is 9.94. The van der Waals surface area contributed by atoms with Gasteiger partial charge < -0.3 is 10.6 Å². The standard InChI is InChI=1S/C25H34N2/c1-7-21-10-9-11-23(21)22(8-2)20(6)27(24-18(4)12-13-19(24)5)25(26)15-14-17(3)16-25/h7-10,12,17H,2,6,11,13-16,26H2,1,3-5H3/b21-7-,23-22+. The summed E-state index contributed by atoms with van der Waals surface area (Å²) >= 11 is 0. The van der Waals surface area contributed by atoms with Crippen LogP contribution in [0.4, 0.5) is 0 Å². The van der Waals surface area contributed by atoms with Gasteiger partial charge in [-0.2, -0.15) is 0 Å². The summed E-state index contributed by atoms with van der Waals surface area (Å²) in [6, 6.07) is 0. The molecule has 0 aromatic carbocycles. The average molecular weight is 363 g/mol. The second-order valence-corrected chi connectivity index (χ2v) is 8.40. The summed E-state index contributed by atoms with van der Waals surface area (Å²) in [7, 11) is 0. The lowest BCUT2D eigenvalue weighted by molar-refractivity contribution is 0.184. The van der Waals surface area contributed by atoms with Crippen molar-refractivity contribution in [1.29, 1.82) is 0 Å². The SMILES string of the molecule is C=C/C(C(=C)N(C1=C(C)CC=C1C)C1(N)CCC(C)C1)=C1/CC=C/C1=C/C. The second kappa shape index (κ2) is 7.52. The molecular formula is C25H34N2. The van der Waals surface area contributed by atoms with Gasteiger partial charge in [0.05, 0.1) is 5.66 Å². The minimum absolute atomic E-state index is 0.385. The van der Waals surface area contributed by atoms with Crippen LogP contribution in [-0.4, -0.2) is 10.6 Å². The van der Waals surface area contributed by atoms with E-state index in [0.717, 1.165) is 43.4 Å². The minimum Gasteiger partial charge on any atom is -0.323 e. The zero-order chi connectivity index (χ0) is 19.8. The van der Waals surface area contributed by atoms with E-state index >= 15 is 0 Å². The van der Waals surface area contributed by atoms with E-state index in [0.29, 0.717) is 5.92 Å². The van der Waals surface area contributed by atoms with Crippen molar-refractivity contribution >= 4 is 0 Å². The second-order valence-electron chi connectivity index (χ2n) is 8.40. The van der Waals surface area contributed by atoms with Crippen LogP contribution in [0.2, 0.25) is 0 Å². The van der Waals surface area contributed by atoms with Gasteiger partial charge in [-0.15, -0.1) is 0 Å². The Balaban J connectivity index is 2.12. The third-order valence-corrected chi connectivity index (χ3v) is 6.32. The fraction of sp³-hybridized carbons (Fsp3) is 0.440. The summed E-state index contributed by atoms with van der Waals surface area (Å²) in [6.07, 6.45) is 15.9. The van der Waals surface area contributed by atoms with Crippen molar-refractivity contribution in [2.75, 3.05) is 0 Å². The molecule has 2 N–H and O–H groups in total. The molecule has 0 heterocycles. The van der Waals surface area contributed by atoms with Gasteiger partial charge in [-0.25, -0.2) is 0 Å². The molecule has 0 bridgehead atoms. The first kappa shape index (κ1) is 19.7. The van der Waals surface area contributed by atoms with Gasteiger partial charge in [-0.1, -0.05) is 50.5 Å². The largest absolute Gasteiger partial charge is 0.323 e. The van der Waals surface area contributed by atoms with E-state index in [-0.39, 0.29) is 5.66 Å². The molecule has 3 rings (SSSR count). The fourth-order valence-corrected chi connectivity index (χ4v) is 4.93. The van der Waals surface area contributed by atoms with Gasteiger partial charge in [0.25, 0.3) is 0 Å². The Morgan fingerprint density at radius 1 is 1.33 bits per heavy atom. The molecule has 0 aliphatic heterocycles. The summed E-state index contributed by atoms with van der Waals surface area (Å²) in [5.74, 6) is 0.635. The average Bonchev–Trinajstić information content (AvgIpc) is 3.31. The number of rotatable bonds is 5. The summed E-state index contributed by atoms with van der Waals surface area (Å²) in [4.78, 5) is 2.36. The smallest absolute Gasteiger partial charge is 0.0934 e. The van der Waals surface area contributed by atoms with Crippen LogP contribution in [0.3, 0.4) is 0 Å². The van der Waals surface area contributed by atoms with Gasteiger partial charge in [0.1, 0.15) is 0 Å². The van der Waals surface area contributed by atoms with Crippen LogP contribution in [0.5, 0.6) is 0 Å². The molecule has 1 saturated carbocycles. The van der Waals surface area contributed by atoms with Crippen molar-refractivity contribution in [1.82, 2.24) is 4.90 Å². The number of nitrogens with zero attached hydrogens (tertiary/aromatic N) is 1. The first-order chi connectivity index (χ1) is 12.8. The van der Waals surface area contributed by atoms with Crippen molar-refractivity contribution < 1.29 is 0 Å². The Bertz CT molecular complexity index is 815. The van der Waals surface area contributed by atoms with Crippen molar-refractivity contribution in [2.24, 2.45) is 11.7 Å². The maximum atomic E-state index is 7.07. The molecule has 0 spiro atoms. The molecule has 0 saturated heterocycles. The van der Waals surface area contributed by atoms with Gasteiger partial charge in [0, 0.05) is 17.0 Å². The normalized spacial score (nSPS) is 30.9. The van der Waals surface area contributed by atoms with Crippen molar-refractivity contribution in [3.05, 3.63) is 82.8 Å². The van der Waals surface area contributed by atoms with Crippen LogP contribution < -0.4 is 5.73 Å². The molecule has 0 aromatic heterocycles. The molecule has 2 atom stereocenters. The Morgan fingerprint density at radius 2 is 2.07 bits per heavy atom. The Kier molecular flexibility index (Phi) is 5.48. The van der Waals surface area contributed by atoms with Crippen LogP contribution >= 0.6 is 0 Å². The minimum atomic E-state index is -0.385. The Morgan fingerprint density at radius 3 is 2.59 bits per heavy atom. The highest BCUT2D eigenvalue weighted by molar-refractivity contribution is 5.58. The summed E-state index contributed by atoms with van der Waals surface area (Å²) in [6.45, 7) is 17.5. The van der Waals surface area contributed by atoms with Crippen LogP contribution in [0.15, 0.2) is 82.8 Å². The summed E-state index contributed by atoms with van der Waals surface area (Å²) in [5.41, 5.74) is 15.3. The van der Waals surface area contributed by atoms with E-state index in [9.17, 15) is 0 Å². The highest BCUT2D eigenvalue weighted by atomic mass is 15.3. The van der Waals surface area contributed by atoms with E-state index in [1.54, 1.807) is 0 Å². The zero-order valence-corrected chi connectivity index (χ0v) is 17.4. The summed E-state index contributed by atoms with van der Waals surface area (Å²) in [5, 5.41) is 0. The van der Waals surface area contributed by atoms with Gasteiger partial charge in [-0.3, -0.25) is 0 Å². The first-order valence-electron chi connectivity index (χ1n) is 10.2. The topological polar surface area (TPSA) is 29.3 Å². The van der Waals surface area contributed by atoms with E-state index in [1.165, 1.54) is 28.0 Å². The molecule has 0 amide bonds. The molecule has 144 valence electrons. The molecule has 3 aliphatic rings. The van der Waals surface area contributed by atoms with E-state index < -0.39 is 0 Å². The predicted molar refractivity (Wildman–Crippen MR) is 117 cm³/mol. The molecular weight excluding hydrogens is 328 g/mol. The predicted octanol–water partition coefficient (Wildman–Crippen LogP) is 6.29. The Hall–Kier alpha value is -2.06. The van der Waals surface area contributed by atoms with E-state index in [1.807, 2.05) is 6.08 Å². The van der Waals surface area contributed by atoms with Crippen molar-refractivity contribution in [3.63, 3.8) is 0 Å². The molecule has 2 unspecified atom stereocenters. The van der Waals surface area contributed by atoms with Crippen LogP contribution in [0.1, 0.15) is 59.8 Å². The lowest BCUT2D eigenvalue weighted by Gasteiger charge is -2.44. The molecule has 27 heavy (non-hydrogen) atoms. The molecule has 0 aromatic rings. The molecule has 0 radical (unpaired) electrons. The van der Waals surface area contributed by atoms with Gasteiger partial charge in [0.15, 0.2) is 0 Å². The van der Waals surface area contributed by atoms with Crippen molar-refractivity contribution in [3.8, 4) is 0 Å². The van der Waals surface area contributed by atoms with E-state index in [2.05, 4.69) is 70.1 Å². The quantitative estimate of drug-likeness (QED) is 0.582. The van der Waals surface area contributed by atoms with Crippen LogP contribution in [0, 0.1) is 5.92 Å². The highest BCUT2D eigenvalue weighted by Crippen LogP contribution is 2.45. The number of nitrogens with two attached hydrogens (primary N) is 1. The van der Waals surface area contributed by atoms with Gasteiger partial charge >= 0.3 is 0 Å². The third-order valence-electron chi connectivity index (χ3n) is 6.32. The van der Waals surface area contributed by atoms with Crippen LogP contribution in [0.25, 0.3) is 0 Å². The number of hydrogen-bond acceptors (Lipinski definition) is 2. The number of allylic oxidation sites excluding steroid dienone is 9. The van der Waals surface area contributed by atoms with Gasteiger partial charge in [-0.05, 0) is 81.1 Å². The number of hydrogen-bond donors (Lipinski definition) is 1. The lowest BCUT2D eigenvalue weighted by Crippen LogP contribution is -2.53. The van der Waals surface area contributed by atoms with Crippen LogP contribution in [-0.2, 0) is 0 Å². The monoisotopic (exact) mass is 362 g/mol. The summed E-state index contributed by atoms with van der Waals surface area (Å²) < 4.78 is 0. The van der Waals surface area contributed by atoms with Gasteiger partial charge in [0.2, 0.25) is 0 Å². The third kappa shape index (κ3) is 3.43. The molecule has 3 aliphatic carbocycles. The molecule has 2 heteroatoms. The maximum absolute atomic E-state index is 7.07. The fourth-order valence-electron chi connectivity index (χ4n) is 4.93. The van der Waals surface area contributed by atoms with Crippen molar-refractivity contribution in [2.45, 2.75) is 65.5 Å². The Labute approximate surface area is 165 Å². The zero-order valence-electron chi connectivity index (χ0n) is 17.4. The van der Waals surface area contributed by atoms with E-state index in [4.69, 9.17) is 5.73 Å². The molecule has 1 fully saturated rings. The maximum Gasteiger partial charge on any atom is 0.0934 e. The first-order valence-corrected chi connectivity index (χ1v) is 10.2. The molecule has 2 nitrogen and oxygen atoms in total. The highest BCUT2D eigenvalue weighted by Gasteiger charge is 2.43.